The Balaban J connectivity index is 2.36. The molecule has 1 heterocycles. The van der Waals surface area contributed by atoms with Crippen molar-refractivity contribution in [3.8, 4) is 0 Å². The van der Waals surface area contributed by atoms with Gasteiger partial charge in [0, 0.05) is 29.1 Å². The Kier molecular flexibility index (Phi) is 2.35. The van der Waals surface area contributed by atoms with Crippen molar-refractivity contribution in [2.24, 2.45) is 0 Å². The van der Waals surface area contributed by atoms with Crippen molar-refractivity contribution in [1.82, 2.24) is 0 Å². The zero-order valence-electron chi connectivity index (χ0n) is 9.48. The Morgan fingerprint density at radius 1 is 0.722 bits per heavy atom. The molecule has 0 aliphatic carbocycles. The van der Waals surface area contributed by atoms with Gasteiger partial charge in [0.05, 0.1) is 0 Å². The van der Waals surface area contributed by atoms with Crippen LogP contribution in [0.4, 0.5) is 0 Å². The third kappa shape index (κ3) is 1.42. The number of thiophene rings is 1. The molecule has 0 aliphatic rings. The van der Waals surface area contributed by atoms with Crippen molar-refractivity contribution in [3.05, 3.63) is 58.2 Å². The highest BCUT2D eigenvalue weighted by Crippen LogP contribution is 2.39. The molecule has 0 spiro atoms. The fraction of sp³-hybridized carbons (Fsp3) is 0. The third-order valence-corrected chi connectivity index (χ3v) is 5.45. The first-order valence-electron chi connectivity index (χ1n) is 5.83. The van der Waals surface area contributed by atoms with Crippen molar-refractivity contribution in [3.63, 3.8) is 0 Å². The molecule has 0 fully saturated rings. The van der Waals surface area contributed by atoms with Crippen LogP contribution in [0.2, 0.25) is 0 Å². The average Bonchev–Trinajstić information content (AvgIpc) is 2.78. The van der Waals surface area contributed by atoms with Gasteiger partial charge in [-0.05, 0) is 40.1 Å². The predicted molar refractivity (Wildman–Crippen MR) is 89.6 cm³/mol. The minimum Gasteiger partial charge on any atom is -0.135 e. The molecule has 0 unspecified atom stereocenters. The molecule has 0 saturated heterocycles. The smallest absolute Gasteiger partial charge is 0.0434 e. The molecule has 4 rings (SSSR count). The Morgan fingerprint density at radius 2 is 1.39 bits per heavy atom. The van der Waals surface area contributed by atoms with Crippen molar-refractivity contribution in [2.45, 2.75) is 0 Å². The quantitative estimate of drug-likeness (QED) is 0.347. The van der Waals surface area contributed by atoms with Gasteiger partial charge in [0.25, 0.3) is 0 Å². The topological polar surface area (TPSA) is 0 Å². The Bertz CT molecular complexity index is 889. The molecular weight excluding hydrogens is 351 g/mol. The highest BCUT2D eigenvalue weighted by molar-refractivity contribution is 14.1. The molecular formula is C16H9IS. The van der Waals surface area contributed by atoms with Gasteiger partial charge in [-0.25, -0.2) is 0 Å². The van der Waals surface area contributed by atoms with Crippen LogP contribution in [0, 0.1) is 3.57 Å². The van der Waals surface area contributed by atoms with Gasteiger partial charge in [-0.2, -0.15) is 0 Å². The Labute approximate surface area is 122 Å². The van der Waals surface area contributed by atoms with Crippen molar-refractivity contribution in [1.29, 1.82) is 0 Å². The minimum atomic E-state index is 1.33. The number of hydrogen-bond acceptors (Lipinski definition) is 1. The second-order valence-electron chi connectivity index (χ2n) is 4.38. The van der Waals surface area contributed by atoms with Crippen LogP contribution in [-0.4, -0.2) is 0 Å². The molecule has 0 aliphatic heterocycles. The first kappa shape index (κ1) is 10.8. The summed E-state index contributed by atoms with van der Waals surface area (Å²) in [4.78, 5) is 0. The van der Waals surface area contributed by atoms with E-state index in [9.17, 15) is 0 Å². The van der Waals surface area contributed by atoms with E-state index in [-0.39, 0.29) is 0 Å². The largest absolute Gasteiger partial charge is 0.135 e. The van der Waals surface area contributed by atoms with Gasteiger partial charge in [0.15, 0.2) is 0 Å². The van der Waals surface area contributed by atoms with Crippen molar-refractivity contribution in [2.75, 3.05) is 0 Å². The van der Waals surface area contributed by atoms with Gasteiger partial charge in [-0.15, -0.1) is 11.3 Å². The average molecular weight is 360 g/mol. The van der Waals surface area contributed by atoms with E-state index in [1.807, 2.05) is 11.3 Å². The second kappa shape index (κ2) is 3.93. The second-order valence-corrected chi connectivity index (χ2v) is 6.59. The number of hydrogen-bond donors (Lipinski definition) is 0. The molecule has 0 radical (unpaired) electrons. The maximum absolute atomic E-state index is 2.44. The molecule has 0 bridgehead atoms. The van der Waals surface area contributed by atoms with Crippen molar-refractivity contribution >= 4 is 64.9 Å². The van der Waals surface area contributed by atoms with Gasteiger partial charge in [0.1, 0.15) is 0 Å². The molecule has 2 heteroatoms. The minimum absolute atomic E-state index is 1.33. The van der Waals surface area contributed by atoms with Crippen LogP contribution in [0.25, 0.3) is 30.9 Å². The summed E-state index contributed by atoms with van der Waals surface area (Å²) >= 11 is 4.34. The van der Waals surface area contributed by atoms with E-state index >= 15 is 0 Å². The fourth-order valence-corrected chi connectivity index (χ4v) is 4.51. The number of halogens is 1. The van der Waals surface area contributed by atoms with E-state index in [0.717, 1.165) is 0 Å². The number of rotatable bonds is 0. The lowest BCUT2D eigenvalue weighted by Gasteiger charge is -2.02. The number of benzene rings is 3. The maximum Gasteiger partial charge on any atom is 0.0434 e. The van der Waals surface area contributed by atoms with E-state index in [1.165, 1.54) is 34.5 Å². The maximum atomic E-state index is 2.44. The Morgan fingerprint density at radius 3 is 2.22 bits per heavy atom. The van der Waals surface area contributed by atoms with Crippen LogP contribution in [0.1, 0.15) is 0 Å². The van der Waals surface area contributed by atoms with Crippen LogP contribution in [0.15, 0.2) is 54.6 Å². The first-order chi connectivity index (χ1) is 8.84. The van der Waals surface area contributed by atoms with Crippen LogP contribution in [0.3, 0.4) is 0 Å². The normalized spacial score (nSPS) is 11.6. The lowest BCUT2D eigenvalue weighted by atomic mass is 10.1. The van der Waals surface area contributed by atoms with Crippen LogP contribution < -0.4 is 0 Å². The molecule has 0 N–H and O–H groups in total. The van der Waals surface area contributed by atoms with Gasteiger partial charge in [-0.1, -0.05) is 42.5 Å². The fourth-order valence-electron chi connectivity index (χ4n) is 2.50. The lowest BCUT2D eigenvalue weighted by Crippen LogP contribution is -1.78. The molecule has 4 aromatic rings. The SMILES string of the molecule is Ic1cc2c3ccccc3sc2c2ccccc12. The van der Waals surface area contributed by atoms with Crippen molar-refractivity contribution < 1.29 is 0 Å². The zero-order valence-corrected chi connectivity index (χ0v) is 12.5. The number of fused-ring (bicyclic) bond motifs is 5. The van der Waals surface area contributed by atoms with Gasteiger partial charge >= 0.3 is 0 Å². The van der Waals surface area contributed by atoms with Crippen LogP contribution in [0.5, 0.6) is 0 Å². The first-order valence-corrected chi connectivity index (χ1v) is 7.72. The zero-order chi connectivity index (χ0) is 12.1. The molecule has 18 heavy (non-hydrogen) atoms. The molecule has 86 valence electrons. The monoisotopic (exact) mass is 360 g/mol. The summed E-state index contributed by atoms with van der Waals surface area (Å²) < 4.78 is 4.12. The van der Waals surface area contributed by atoms with Crippen LogP contribution in [-0.2, 0) is 0 Å². The van der Waals surface area contributed by atoms with Gasteiger partial charge in [-0.3, -0.25) is 0 Å². The molecule has 0 atom stereocenters. The lowest BCUT2D eigenvalue weighted by molar-refractivity contribution is 1.78. The molecule has 1 aromatic heterocycles. The predicted octanol–water partition coefficient (Wildman–Crippen LogP) is 5.81. The molecule has 0 nitrogen and oxygen atoms in total. The molecule has 0 saturated carbocycles. The Hall–Kier alpha value is -1.13. The summed E-state index contributed by atoms with van der Waals surface area (Å²) in [6.45, 7) is 0. The highest BCUT2D eigenvalue weighted by Gasteiger charge is 2.09. The highest BCUT2D eigenvalue weighted by atomic mass is 127. The summed E-state index contributed by atoms with van der Waals surface area (Å²) in [5, 5.41) is 5.50. The summed E-state index contributed by atoms with van der Waals surface area (Å²) in [5.74, 6) is 0. The van der Waals surface area contributed by atoms with Crippen LogP contribution >= 0.6 is 33.9 Å². The van der Waals surface area contributed by atoms with E-state index in [2.05, 4.69) is 77.2 Å². The van der Waals surface area contributed by atoms with Gasteiger partial charge in [0.2, 0.25) is 0 Å². The summed E-state index contributed by atoms with van der Waals surface area (Å²) in [7, 11) is 0. The molecule has 3 aromatic carbocycles. The summed E-state index contributed by atoms with van der Waals surface area (Å²) in [6, 6.07) is 19.7. The summed E-state index contributed by atoms with van der Waals surface area (Å²) in [6.07, 6.45) is 0. The standard InChI is InChI=1S/C16H9IS/c17-14-9-13-11-6-3-4-8-15(11)18-16(13)12-7-2-1-5-10(12)14/h1-9H. The van der Waals surface area contributed by atoms with E-state index in [4.69, 9.17) is 0 Å². The van der Waals surface area contributed by atoms with E-state index < -0.39 is 0 Å². The van der Waals surface area contributed by atoms with Gasteiger partial charge < -0.3 is 0 Å². The third-order valence-electron chi connectivity index (χ3n) is 3.33. The summed E-state index contributed by atoms with van der Waals surface area (Å²) in [5.41, 5.74) is 0. The van der Waals surface area contributed by atoms with E-state index in [1.54, 1.807) is 0 Å². The molecule has 0 amide bonds. The van der Waals surface area contributed by atoms with E-state index in [0.29, 0.717) is 0 Å².